The summed E-state index contributed by atoms with van der Waals surface area (Å²) in [6, 6.07) is 0. The van der Waals surface area contributed by atoms with Crippen LogP contribution >= 0.6 is 0 Å². The number of carbonyl (C=O) groups is 2. The number of rotatable bonds is 9. The fraction of sp³-hybridized carbons (Fsp3) is 0.714. The number of unbranched alkanes of at least 4 members (excludes halogenated alkanes) is 1. The fourth-order valence-electron chi connectivity index (χ4n) is 2.61. The summed E-state index contributed by atoms with van der Waals surface area (Å²) < 4.78 is 10.2. The van der Waals surface area contributed by atoms with Crippen molar-refractivity contribution in [1.82, 2.24) is 0 Å². The van der Waals surface area contributed by atoms with Gasteiger partial charge in [0, 0.05) is 11.6 Å². The van der Waals surface area contributed by atoms with Crippen molar-refractivity contribution in [2.45, 2.75) is 84.7 Å². The van der Waals surface area contributed by atoms with E-state index < -0.39 is 0 Å². The Hall–Kier alpha value is -1.58. The molecular formula is C21H36O4. The van der Waals surface area contributed by atoms with Gasteiger partial charge in [-0.3, -0.25) is 0 Å². The van der Waals surface area contributed by atoms with E-state index in [2.05, 4.69) is 27.0 Å². The van der Waals surface area contributed by atoms with Gasteiger partial charge in [-0.05, 0) is 44.9 Å². The van der Waals surface area contributed by atoms with Crippen LogP contribution in [0.25, 0.3) is 0 Å². The van der Waals surface area contributed by atoms with Crippen molar-refractivity contribution in [2.24, 2.45) is 5.92 Å². The monoisotopic (exact) mass is 352 g/mol. The minimum Gasteiger partial charge on any atom is -0.462 e. The van der Waals surface area contributed by atoms with Crippen LogP contribution in [0.2, 0.25) is 0 Å². The number of hydrogen-bond acceptors (Lipinski definition) is 4. The van der Waals surface area contributed by atoms with Gasteiger partial charge in [0.2, 0.25) is 0 Å². The molecule has 0 amide bonds. The van der Waals surface area contributed by atoms with Crippen molar-refractivity contribution < 1.29 is 19.1 Å². The molecule has 0 saturated heterocycles. The first-order chi connectivity index (χ1) is 11.9. The van der Waals surface area contributed by atoms with Gasteiger partial charge in [0.1, 0.15) is 6.10 Å². The van der Waals surface area contributed by atoms with Crippen LogP contribution in [0.5, 0.6) is 0 Å². The van der Waals surface area contributed by atoms with E-state index in [1.807, 2.05) is 0 Å². The Balaban J connectivity index is 0.000000472. The minimum atomic E-state index is -0.281. The molecule has 0 aromatic rings. The Morgan fingerprint density at radius 3 is 2.32 bits per heavy atom. The Morgan fingerprint density at radius 1 is 1.20 bits per heavy atom. The van der Waals surface area contributed by atoms with E-state index in [9.17, 15) is 9.59 Å². The zero-order valence-electron chi connectivity index (χ0n) is 16.4. The van der Waals surface area contributed by atoms with Gasteiger partial charge in [-0.2, -0.15) is 0 Å². The quantitative estimate of drug-likeness (QED) is 0.413. The summed E-state index contributed by atoms with van der Waals surface area (Å²) in [6.07, 6.45) is 11.7. The van der Waals surface area contributed by atoms with E-state index >= 15 is 0 Å². The van der Waals surface area contributed by atoms with Crippen LogP contribution in [0.1, 0.15) is 78.6 Å². The number of hydrogen-bond donors (Lipinski definition) is 0. The maximum absolute atomic E-state index is 11.1. The second-order valence-electron chi connectivity index (χ2n) is 6.70. The zero-order valence-corrected chi connectivity index (χ0v) is 16.4. The number of ether oxygens (including phenoxy) is 2. The summed E-state index contributed by atoms with van der Waals surface area (Å²) in [5, 5.41) is 0. The van der Waals surface area contributed by atoms with Crippen LogP contribution in [0.15, 0.2) is 24.8 Å². The molecule has 144 valence electrons. The molecule has 25 heavy (non-hydrogen) atoms. The van der Waals surface area contributed by atoms with E-state index in [1.54, 1.807) is 6.92 Å². The summed E-state index contributed by atoms with van der Waals surface area (Å²) in [7, 11) is 0. The van der Waals surface area contributed by atoms with Crippen LogP contribution in [0.3, 0.4) is 0 Å². The summed E-state index contributed by atoms with van der Waals surface area (Å²) >= 11 is 0. The smallest absolute Gasteiger partial charge is 0.333 e. The van der Waals surface area contributed by atoms with Gasteiger partial charge in [0.05, 0.1) is 6.61 Å². The van der Waals surface area contributed by atoms with Gasteiger partial charge < -0.3 is 9.47 Å². The molecule has 0 radical (unpaired) electrons. The van der Waals surface area contributed by atoms with Crippen molar-refractivity contribution in [3.8, 4) is 0 Å². The second kappa shape index (κ2) is 14.7. The molecule has 4 nitrogen and oxygen atoms in total. The Labute approximate surface area is 153 Å². The Kier molecular flexibility index (Phi) is 13.8. The van der Waals surface area contributed by atoms with Gasteiger partial charge in [0.25, 0.3) is 0 Å². The fourth-order valence-corrected chi connectivity index (χ4v) is 2.61. The lowest BCUT2D eigenvalue weighted by Gasteiger charge is -2.20. The van der Waals surface area contributed by atoms with Crippen molar-refractivity contribution in [3.63, 3.8) is 0 Å². The lowest BCUT2D eigenvalue weighted by atomic mass is 9.98. The molecular weight excluding hydrogens is 316 g/mol. The van der Waals surface area contributed by atoms with Crippen molar-refractivity contribution >= 4 is 11.9 Å². The largest absolute Gasteiger partial charge is 0.462 e. The number of esters is 2. The van der Waals surface area contributed by atoms with Gasteiger partial charge in [-0.15, -0.1) is 0 Å². The highest BCUT2D eigenvalue weighted by Crippen LogP contribution is 2.20. The molecule has 1 atom stereocenters. The van der Waals surface area contributed by atoms with Crippen LogP contribution in [-0.4, -0.2) is 24.6 Å². The molecule has 0 aromatic heterocycles. The molecule has 0 aliphatic heterocycles. The SMILES string of the molecule is C=C(C)C(=O)OCC(CC)CCCC.C=CC(=O)OC1CCCCC1. The lowest BCUT2D eigenvalue weighted by Crippen LogP contribution is -2.19. The van der Waals surface area contributed by atoms with Crippen LogP contribution < -0.4 is 0 Å². The van der Waals surface area contributed by atoms with E-state index in [0.29, 0.717) is 18.1 Å². The summed E-state index contributed by atoms with van der Waals surface area (Å²) in [4.78, 5) is 21.9. The highest BCUT2D eigenvalue weighted by atomic mass is 16.5. The Bertz CT molecular complexity index is 408. The predicted octanol–water partition coefficient (Wildman–Crippen LogP) is 5.37. The number of carbonyl (C=O) groups excluding carboxylic acids is 2. The molecule has 0 N–H and O–H groups in total. The maximum atomic E-state index is 11.1. The second-order valence-corrected chi connectivity index (χ2v) is 6.70. The first-order valence-electron chi connectivity index (χ1n) is 9.60. The van der Waals surface area contributed by atoms with Gasteiger partial charge in [-0.1, -0.05) is 52.7 Å². The molecule has 1 saturated carbocycles. The van der Waals surface area contributed by atoms with Crippen LogP contribution in [-0.2, 0) is 19.1 Å². The first-order valence-corrected chi connectivity index (χ1v) is 9.60. The molecule has 0 aromatic carbocycles. The molecule has 1 fully saturated rings. The average Bonchev–Trinajstić information content (AvgIpc) is 2.62. The highest BCUT2D eigenvalue weighted by Gasteiger charge is 2.15. The lowest BCUT2D eigenvalue weighted by molar-refractivity contribution is -0.144. The van der Waals surface area contributed by atoms with Crippen molar-refractivity contribution in [1.29, 1.82) is 0 Å². The highest BCUT2D eigenvalue weighted by molar-refractivity contribution is 5.86. The molecule has 0 spiro atoms. The third-order valence-electron chi connectivity index (χ3n) is 4.34. The standard InChI is InChI=1S/C12H22O2.C9H14O2/c1-5-7-8-11(6-2)9-14-12(13)10(3)4;1-2-9(10)11-8-6-4-3-5-7-8/h11H,3,5-9H2,1-2,4H3;2,8H,1,3-7H2. The van der Waals surface area contributed by atoms with Gasteiger partial charge in [0.15, 0.2) is 0 Å². The third-order valence-corrected chi connectivity index (χ3v) is 4.34. The predicted molar refractivity (Wildman–Crippen MR) is 102 cm³/mol. The summed E-state index contributed by atoms with van der Waals surface area (Å²) in [5.41, 5.74) is 0.482. The van der Waals surface area contributed by atoms with Crippen molar-refractivity contribution in [2.75, 3.05) is 6.61 Å². The molecule has 1 unspecified atom stereocenters. The summed E-state index contributed by atoms with van der Waals surface area (Å²) in [6.45, 7) is 13.4. The first kappa shape index (κ1) is 23.4. The van der Waals surface area contributed by atoms with E-state index in [1.165, 1.54) is 38.2 Å². The van der Waals surface area contributed by atoms with Crippen molar-refractivity contribution in [3.05, 3.63) is 24.8 Å². The van der Waals surface area contributed by atoms with Gasteiger partial charge >= 0.3 is 11.9 Å². The third kappa shape index (κ3) is 12.4. The normalized spacial score (nSPS) is 15.3. The van der Waals surface area contributed by atoms with E-state index in [-0.39, 0.29) is 18.0 Å². The molecule has 1 aliphatic rings. The molecule has 4 heteroatoms. The topological polar surface area (TPSA) is 52.6 Å². The van der Waals surface area contributed by atoms with E-state index in [4.69, 9.17) is 9.47 Å². The molecule has 1 rings (SSSR count). The zero-order chi connectivity index (χ0) is 19.1. The Morgan fingerprint density at radius 2 is 1.84 bits per heavy atom. The summed E-state index contributed by atoms with van der Waals surface area (Å²) in [5.74, 6) is -0.0323. The molecule has 0 bridgehead atoms. The molecule has 0 heterocycles. The maximum Gasteiger partial charge on any atom is 0.333 e. The average molecular weight is 353 g/mol. The van der Waals surface area contributed by atoms with E-state index in [0.717, 1.165) is 25.7 Å². The van der Waals surface area contributed by atoms with Crippen LogP contribution in [0.4, 0.5) is 0 Å². The molecule has 1 aliphatic carbocycles. The minimum absolute atomic E-state index is 0.161. The van der Waals surface area contributed by atoms with Crippen LogP contribution in [0, 0.1) is 5.92 Å². The van der Waals surface area contributed by atoms with Gasteiger partial charge in [-0.25, -0.2) is 9.59 Å².